The second-order valence-electron chi connectivity index (χ2n) is 8.71. The van der Waals surface area contributed by atoms with Gasteiger partial charge in [0.2, 0.25) is 0 Å². The summed E-state index contributed by atoms with van der Waals surface area (Å²) in [6.07, 6.45) is 1.83. The number of rotatable bonds is 8. The van der Waals surface area contributed by atoms with Gasteiger partial charge in [-0.2, -0.15) is 0 Å². The first-order chi connectivity index (χ1) is 16.5. The van der Waals surface area contributed by atoms with Crippen molar-refractivity contribution in [3.05, 3.63) is 139 Å². The molecule has 4 aromatic rings. The lowest BCUT2D eigenvalue weighted by Gasteiger charge is -2.16. The lowest BCUT2D eigenvalue weighted by Crippen LogP contribution is -1.97. The van der Waals surface area contributed by atoms with Crippen molar-refractivity contribution in [1.82, 2.24) is 0 Å². The van der Waals surface area contributed by atoms with Crippen LogP contribution < -0.4 is 0 Å². The Balaban J connectivity index is 1.73. The first kappa shape index (κ1) is 23.2. The van der Waals surface area contributed by atoms with Crippen LogP contribution in [0.1, 0.15) is 42.5 Å². The van der Waals surface area contributed by atoms with Crippen LogP contribution in [0.15, 0.2) is 121 Å². The van der Waals surface area contributed by atoms with Crippen LogP contribution >= 0.6 is 0 Å². The molecule has 168 valence electrons. The van der Waals surface area contributed by atoms with Gasteiger partial charge in [-0.15, -0.1) is 0 Å². The Morgan fingerprint density at radius 1 is 0.676 bits per heavy atom. The molecule has 34 heavy (non-hydrogen) atoms. The Bertz CT molecular complexity index is 1310. The molecule has 0 spiro atoms. The van der Waals surface area contributed by atoms with Crippen LogP contribution in [0.25, 0.3) is 22.3 Å². The van der Waals surface area contributed by atoms with E-state index in [0.717, 1.165) is 52.1 Å². The SMILES string of the molecule is C=C(C)c1ccc(/C(C)=N/c2cccc(-c3ccccc3)c2C(=C)CCc2ccccc2)cc1. The Kier molecular flexibility index (Phi) is 7.34. The van der Waals surface area contributed by atoms with E-state index in [4.69, 9.17) is 4.99 Å². The Morgan fingerprint density at radius 2 is 1.29 bits per heavy atom. The first-order valence-corrected chi connectivity index (χ1v) is 11.7. The minimum Gasteiger partial charge on any atom is -0.252 e. The molecule has 4 aromatic carbocycles. The molecule has 0 aliphatic rings. The highest BCUT2D eigenvalue weighted by Gasteiger charge is 2.14. The molecule has 0 saturated heterocycles. The van der Waals surface area contributed by atoms with E-state index in [-0.39, 0.29) is 0 Å². The number of nitrogens with zero attached hydrogens (tertiary/aromatic N) is 1. The molecule has 0 unspecified atom stereocenters. The molecule has 1 heteroatoms. The maximum atomic E-state index is 5.10. The molecule has 0 N–H and O–H groups in total. The van der Waals surface area contributed by atoms with Crippen LogP contribution in [0.4, 0.5) is 5.69 Å². The molecule has 0 fully saturated rings. The number of hydrogen-bond donors (Lipinski definition) is 0. The van der Waals surface area contributed by atoms with E-state index >= 15 is 0 Å². The summed E-state index contributed by atoms with van der Waals surface area (Å²) in [5, 5.41) is 0. The normalized spacial score (nSPS) is 11.3. The molecule has 0 aromatic heterocycles. The van der Waals surface area contributed by atoms with Crippen molar-refractivity contribution in [1.29, 1.82) is 0 Å². The van der Waals surface area contributed by atoms with E-state index < -0.39 is 0 Å². The molecule has 0 aliphatic carbocycles. The molecule has 0 aliphatic heterocycles. The van der Waals surface area contributed by atoms with E-state index in [9.17, 15) is 0 Å². The molecule has 0 radical (unpaired) electrons. The minimum atomic E-state index is 0.878. The van der Waals surface area contributed by atoms with Crippen molar-refractivity contribution in [2.75, 3.05) is 0 Å². The average Bonchev–Trinajstić information content (AvgIpc) is 2.88. The number of benzene rings is 4. The summed E-state index contributed by atoms with van der Waals surface area (Å²) < 4.78 is 0. The van der Waals surface area contributed by atoms with Crippen molar-refractivity contribution >= 4 is 22.5 Å². The summed E-state index contributed by atoms with van der Waals surface area (Å²) in [6, 6.07) is 35.9. The third-order valence-electron chi connectivity index (χ3n) is 6.12. The second kappa shape index (κ2) is 10.8. The highest BCUT2D eigenvalue weighted by atomic mass is 14.7. The lowest BCUT2D eigenvalue weighted by molar-refractivity contribution is 1.02. The molecule has 1 nitrogen and oxygen atoms in total. The standard InChI is InChI=1S/C33H31N/c1-24(2)28-20-22-29(23-21-28)26(4)34-32-17-11-16-31(30-14-9-6-10-15-30)33(32)25(3)18-19-27-12-7-5-8-13-27/h5-17,20-23H,1,3,18-19H2,2,4H3/b34-26+. The van der Waals surface area contributed by atoms with Crippen molar-refractivity contribution in [3.63, 3.8) is 0 Å². The first-order valence-electron chi connectivity index (χ1n) is 11.7. The van der Waals surface area contributed by atoms with Gasteiger partial charge in [0.25, 0.3) is 0 Å². The van der Waals surface area contributed by atoms with Gasteiger partial charge in [0, 0.05) is 11.3 Å². The monoisotopic (exact) mass is 441 g/mol. The number of hydrogen-bond acceptors (Lipinski definition) is 1. The fraction of sp³-hybridized carbons (Fsp3) is 0.121. The zero-order chi connectivity index (χ0) is 23.9. The van der Waals surface area contributed by atoms with E-state index in [2.05, 4.69) is 117 Å². The van der Waals surface area contributed by atoms with Crippen LogP contribution in [-0.2, 0) is 6.42 Å². The largest absolute Gasteiger partial charge is 0.252 e. The third kappa shape index (κ3) is 5.50. The topological polar surface area (TPSA) is 12.4 Å². The van der Waals surface area contributed by atoms with Gasteiger partial charge >= 0.3 is 0 Å². The molecule has 0 amide bonds. The molecule has 0 saturated carbocycles. The van der Waals surface area contributed by atoms with Crippen LogP contribution in [0.2, 0.25) is 0 Å². The molecule has 0 atom stereocenters. The van der Waals surface area contributed by atoms with Crippen molar-refractivity contribution in [2.45, 2.75) is 26.7 Å². The predicted molar refractivity (Wildman–Crippen MR) is 149 cm³/mol. The van der Waals surface area contributed by atoms with Gasteiger partial charge in [-0.1, -0.05) is 116 Å². The average molecular weight is 442 g/mol. The van der Waals surface area contributed by atoms with Gasteiger partial charge in [-0.3, -0.25) is 4.99 Å². The highest BCUT2D eigenvalue weighted by molar-refractivity contribution is 6.01. The van der Waals surface area contributed by atoms with E-state index in [1.54, 1.807) is 0 Å². The maximum Gasteiger partial charge on any atom is 0.0714 e. The van der Waals surface area contributed by atoms with E-state index in [0.29, 0.717) is 0 Å². The smallest absolute Gasteiger partial charge is 0.0714 e. The summed E-state index contributed by atoms with van der Waals surface area (Å²) in [5.41, 5.74) is 11.2. The summed E-state index contributed by atoms with van der Waals surface area (Å²) in [7, 11) is 0. The van der Waals surface area contributed by atoms with E-state index in [1.165, 1.54) is 16.7 Å². The number of aryl methyl sites for hydroxylation is 1. The molecular formula is C33H31N. The zero-order valence-corrected chi connectivity index (χ0v) is 20.1. The molecule has 0 bridgehead atoms. The van der Waals surface area contributed by atoms with Gasteiger partial charge in [0.15, 0.2) is 0 Å². The van der Waals surface area contributed by atoms with Crippen LogP contribution in [0.5, 0.6) is 0 Å². The van der Waals surface area contributed by atoms with Crippen LogP contribution in [0.3, 0.4) is 0 Å². The summed E-state index contributed by atoms with van der Waals surface area (Å²) in [6.45, 7) is 12.7. The van der Waals surface area contributed by atoms with Gasteiger partial charge in [0.05, 0.1) is 5.69 Å². The van der Waals surface area contributed by atoms with Gasteiger partial charge in [0.1, 0.15) is 0 Å². The van der Waals surface area contributed by atoms with Crippen molar-refractivity contribution in [3.8, 4) is 11.1 Å². The Morgan fingerprint density at radius 3 is 1.94 bits per heavy atom. The van der Waals surface area contributed by atoms with Gasteiger partial charge in [-0.05, 0) is 66.1 Å². The van der Waals surface area contributed by atoms with Crippen LogP contribution in [-0.4, -0.2) is 5.71 Å². The Hall–Kier alpha value is -3.97. The Labute approximate surface area is 203 Å². The summed E-state index contributed by atoms with van der Waals surface area (Å²) in [5.74, 6) is 0. The molecule has 0 heterocycles. The quantitative estimate of drug-likeness (QED) is 0.242. The fourth-order valence-corrected chi connectivity index (χ4v) is 4.17. The highest BCUT2D eigenvalue weighted by Crippen LogP contribution is 2.37. The second-order valence-corrected chi connectivity index (χ2v) is 8.71. The predicted octanol–water partition coefficient (Wildman–Crippen LogP) is 9.17. The van der Waals surface area contributed by atoms with E-state index in [1.807, 2.05) is 13.0 Å². The lowest BCUT2D eigenvalue weighted by atomic mass is 9.90. The molecular weight excluding hydrogens is 410 g/mol. The van der Waals surface area contributed by atoms with Crippen LogP contribution in [0, 0.1) is 0 Å². The van der Waals surface area contributed by atoms with Gasteiger partial charge < -0.3 is 0 Å². The maximum absolute atomic E-state index is 5.10. The minimum absolute atomic E-state index is 0.878. The van der Waals surface area contributed by atoms with Gasteiger partial charge in [-0.25, -0.2) is 0 Å². The van der Waals surface area contributed by atoms with Crippen molar-refractivity contribution < 1.29 is 0 Å². The zero-order valence-electron chi connectivity index (χ0n) is 20.1. The van der Waals surface area contributed by atoms with Crippen molar-refractivity contribution in [2.24, 2.45) is 4.99 Å². The summed E-state index contributed by atoms with van der Waals surface area (Å²) in [4.78, 5) is 5.10. The number of allylic oxidation sites excluding steroid dienone is 2. The third-order valence-corrected chi connectivity index (χ3v) is 6.12. The number of aliphatic imine (C=N–C) groups is 1. The fourth-order valence-electron chi connectivity index (χ4n) is 4.17. The summed E-state index contributed by atoms with van der Waals surface area (Å²) >= 11 is 0. The molecule has 4 rings (SSSR count).